The minimum atomic E-state index is -0.538. The summed E-state index contributed by atoms with van der Waals surface area (Å²) in [5.74, 6) is 1.38. The number of aliphatic hydroxyl groups is 2. The molecule has 2 aromatic carbocycles. The lowest BCUT2D eigenvalue weighted by molar-refractivity contribution is 0.0611. The van der Waals surface area contributed by atoms with Crippen LogP contribution in [0.25, 0.3) is 0 Å². The van der Waals surface area contributed by atoms with Crippen molar-refractivity contribution in [3.8, 4) is 11.5 Å². The van der Waals surface area contributed by atoms with Gasteiger partial charge in [-0.3, -0.25) is 0 Å². The summed E-state index contributed by atoms with van der Waals surface area (Å²) in [6, 6.07) is 8.33. The van der Waals surface area contributed by atoms with E-state index in [1.165, 1.54) is 38.5 Å². The highest BCUT2D eigenvalue weighted by Crippen LogP contribution is 2.44. The lowest BCUT2D eigenvalue weighted by Crippen LogP contribution is -2.38. The van der Waals surface area contributed by atoms with Crippen LogP contribution in [-0.2, 0) is 5.41 Å². The molecule has 2 fully saturated rings. The van der Waals surface area contributed by atoms with Crippen LogP contribution in [0.2, 0.25) is 0 Å². The molecule has 2 aliphatic heterocycles. The fourth-order valence-electron chi connectivity index (χ4n) is 5.63. The fraction of sp³-hybridized carbons (Fsp3) is 0.613. The van der Waals surface area contributed by atoms with Crippen LogP contribution in [0.3, 0.4) is 0 Å². The Hall–Kier alpha value is -0.200. The maximum absolute atomic E-state index is 10.6. The van der Waals surface area contributed by atoms with E-state index in [2.05, 4.69) is 112 Å². The predicted octanol–water partition coefficient (Wildman–Crippen LogP) is 7.51. The van der Waals surface area contributed by atoms with Gasteiger partial charge in [-0.1, -0.05) is 26.7 Å². The van der Waals surface area contributed by atoms with Gasteiger partial charge >= 0.3 is 0 Å². The summed E-state index contributed by atoms with van der Waals surface area (Å²) < 4.78 is 15.5. The molecule has 2 saturated heterocycles. The maximum Gasteiger partial charge on any atom is 0.147 e. The zero-order chi connectivity index (χ0) is 29.6. The first-order valence-electron chi connectivity index (χ1n) is 14.6. The second-order valence-corrected chi connectivity index (χ2v) is 15.2. The molecule has 0 saturated carbocycles. The van der Waals surface area contributed by atoms with Crippen molar-refractivity contribution in [2.45, 2.75) is 70.0 Å². The SMILES string of the molecule is CC(C)(c1cc(Br)c(OC[C@@H](O)CN2CCCCC2)c(Br)c1)c1cc(Br)c(OC[C@H](O)CN2CCCCC2)c(Br)c1. The van der Waals surface area contributed by atoms with Crippen molar-refractivity contribution in [1.29, 1.82) is 0 Å². The van der Waals surface area contributed by atoms with Gasteiger partial charge in [0.15, 0.2) is 0 Å². The molecule has 6 nitrogen and oxygen atoms in total. The summed E-state index contributed by atoms with van der Waals surface area (Å²) in [4.78, 5) is 4.63. The van der Waals surface area contributed by atoms with Gasteiger partial charge in [0.05, 0.1) is 17.9 Å². The van der Waals surface area contributed by atoms with E-state index in [1.807, 2.05) is 0 Å². The monoisotopic (exact) mass is 822 g/mol. The van der Waals surface area contributed by atoms with Crippen molar-refractivity contribution in [2.75, 3.05) is 52.5 Å². The largest absolute Gasteiger partial charge is 0.488 e. The molecule has 4 rings (SSSR count). The van der Waals surface area contributed by atoms with E-state index in [0.717, 1.165) is 55.2 Å². The van der Waals surface area contributed by atoms with Crippen LogP contribution >= 0.6 is 63.7 Å². The van der Waals surface area contributed by atoms with E-state index in [1.54, 1.807) is 0 Å². The molecule has 228 valence electrons. The molecular weight excluding hydrogens is 784 g/mol. The third-order valence-electron chi connectivity index (χ3n) is 8.12. The molecule has 0 radical (unpaired) electrons. The molecule has 2 heterocycles. The van der Waals surface area contributed by atoms with Gasteiger partial charge in [-0.15, -0.1) is 0 Å². The number of hydrogen-bond donors (Lipinski definition) is 2. The van der Waals surface area contributed by atoms with Gasteiger partial charge in [-0.25, -0.2) is 0 Å². The standard InChI is InChI=1S/C31H42Br4N2O4/c1-31(2,21-13-25(32)29(26(33)14-21)40-19-23(38)17-36-9-5-3-6-10-36)22-15-27(34)30(28(35)16-22)41-20-24(39)18-37-11-7-4-8-12-37/h13-16,23-24,38-39H,3-12,17-20H2,1-2H3/t23-,24+. The average molecular weight is 826 g/mol. The Morgan fingerprint density at radius 2 is 0.951 bits per heavy atom. The summed E-state index contributed by atoms with van der Waals surface area (Å²) in [6.45, 7) is 10.3. The topological polar surface area (TPSA) is 65.4 Å². The van der Waals surface area contributed by atoms with Crippen LogP contribution in [0.4, 0.5) is 0 Å². The van der Waals surface area contributed by atoms with Crippen molar-refractivity contribution in [2.24, 2.45) is 0 Å². The van der Waals surface area contributed by atoms with Gasteiger partial charge in [-0.2, -0.15) is 0 Å². The second-order valence-electron chi connectivity index (χ2n) is 11.8. The molecule has 10 heteroatoms. The van der Waals surface area contributed by atoms with E-state index >= 15 is 0 Å². The molecule has 0 spiro atoms. The van der Waals surface area contributed by atoms with Crippen molar-refractivity contribution in [3.05, 3.63) is 53.3 Å². The van der Waals surface area contributed by atoms with E-state index in [0.29, 0.717) is 24.6 Å². The number of halogens is 4. The van der Waals surface area contributed by atoms with Crippen LogP contribution in [-0.4, -0.2) is 84.7 Å². The summed E-state index contributed by atoms with van der Waals surface area (Å²) in [5, 5.41) is 21.1. The second kappa shape index (κ2) is 15.7. The molecule has 2 aromatic rings. The molecule has 0 amide bonds. The fourth-order valence-corrected chi connectivity index (χ4v) is 8.46. The normalized spacial score (nSPS) is 18.7. The number of nitrogens with zero attached hydrogens (tertiary/aromatic N) is 2. The van der Waals surface area contributed by atoms with Crippen molar-refractivity contribution >= 4 is 63.7 Å². The molecule has 41 heavy (non-hydrogen) atoms. The summed E-state index contributed by atoms with van der Waals surface area (Å²) in [6.07, 6.45) is 6.29. The quantitative estimate of drug-likeness (QED) is 0.231. The highest BCUT2D eigenvalue weighted by molar-refractivity contribution is 9.11. The summed E-state index contributed by atoms with van der Waals surface area (Å²) >= 11 is 14.8. The molecule has 2 N–H and O–H groups in total. The van der Waals surface area contributed by atoms with E-state index < -0.39 is 12.2 Å². The predicted molar refractivity (Wildman–Crippen MR) is 179 cm³/mol. The van der Waals surface area contributed by atoms with Crippen LogP contribution < -0.4 is 9.47 Å². The molecule has 0 bridgehead atoms. The number of benzene rings is 2. The van der Waals surface area contributed by atoms with Crippen molar-refractivity contribution in [3.63, 3.8) is 0 Å². The van der Waals surface area contributed by atoms with Crippen LogP contribution in [0.15, 0.2) is 42.2 Å². The molecule has 0 aliphatic carbocycles. The Bertz CT molecular complexity index is 1020. The Morgan fingerprint density at radius 1 is 0.634 bits per heavy atom. The van der Waals surface area contributed by atoms with E-state index in [9.17, 15) is 10.2 Å². The number of likely N-dealkylation sites (tertiary alicyclic amines) is 2. The number of β-amino-alcohol motifs (C(OH)–C–C–N with tert-alkyl or cyclic N) is 2. The lowest BCUT2D eigenvalue weighted by atomic mass is 9.78. The Kier molecular flexibility index (Phi) is 12.9. The zero-order valence-corrected chi connectivity index (χ0v) is 30.3. The van der Waals surface area contributed by atoms with Gasteiger partial charge in [-0.05, 0) is 151 Å². The molecule has 2 atom stereocenters. The van der Waals surface area contributed by atoms with Gasteiger partial charge in [0.1, 0.15) is 36.9 Å². The van der Waals surface area contributed by atoms with Gasteiger partial charge in [0.2, 0.25) is 0 Å². The number of piperidine rings is 2. The van der Waals surface area contributed by atoms with Crippen molar-refractivity contribution < 1.29 is 19.7 Å². The van der Waals surface area contributed by atoms with E-state index in [-0.39, 0.29) is 18.6 Å². The first-order valence-corrected chi connectivity index (χ1v) is 17.8. The van der Waals surface area contributed by atoms with Gasteiger partial charge < -0.3 is 29.5 Å². The number of ether oxygens (including phenoxy) is 2. The minimum Gasteiger partial charge on any atom is -0.488 e. The van der Waals surface area contributed by atoms with E-state index in [4.69, 9.17) is 9.47 Å². The molecule has 0 unspecified atom stereocenters. The number of rotatable bonds is 12. The van der Waals surface area contributed by atoms with Crippen molar-refractivity contribution in [1.82, 2.24) is 9.80 Å². The third kappa shape index (κ3) is 9.40. The van der Waals surface area contributed by atoms with Crippen LogP contribution in [0, 0.1) is 0 Å². The highest BCUT2D eigenvalue weighted by atomic mass is 79.9. The first kappa shape index (κ1) is 33.7. The summed E-state index contributed by atoms with van der Waals surface area (Å²) in [7, 11) is 0. The number of hydrogen-bond acceptors (Lipinski definition) is 6. The maximum atomic E-state index is 10.6. The van der Waals surface area contributed by atoms with Crippen LogP contribution in [0.1, 0.15) is 63.5 Å². The lowest BCUT2D eigenvalue weighted by Gasteiger charge is -2.30. The van der Waals surface area contributed by atoms with Crippen LogP contribution in [0.5, 0.6) is 11.5 Å². The first-order chi connectivity index (χ1) is 19.5. The molecule has 2 aliphatic rings. The zero-order valence-electron chi connectivity index (χ0n) is 24.0. The Labute approximate surface area is 278 Å². The third-order valence-corrected chi connectivity index (χ3v) is 10.5. The van der Waals surface area contributed by atoms with Gasteiger partial charge in [0, 0.05) is 18.5 Å². The average Bonchev–Trinajstić information content (AvgIpc) is 2.93. The summed E-state index contributed by atoms with van der Waals surface area (Å²) in [5.41, 5.74) is 1.86. The Balaban J connectivity index is 1.40. The Morgan fingerprint density at radius 3 is 1.27 bits per heavy atom. The highest BCUT2D eigenvalue weighted by Gasteiger charge is 2.28. The molecule has 0 aromatic heterocycles. The van der Waals surface area contributed by atoms with Gasteiger partial charge in [0.25, 0.3) is 0 Å². The smallest absolute Gasteiger partial charge is 0.147 e. The number of aliphatic hydroxyl groups excluding tert-OH is 2. The molecular formula is C31H42Br4N2O4. The minimum absolute atomic E-state index is 0.241.